The van der Waals surface area contributed by atoms with Gasteiger partial charge in [-0.15, -0.1) is 11.3 Å². The van der Waals surface area contributed by atoms with Crippen molar-refractivity contribution in [3.05, 3.63) is 43.9 Å². The fourth-order valence-corrected chi connectivity index (χ4v) is 3.90. The van der Waals surface area contributed by atoms with Gasteiger partial charge in [0.15, 0.2) is 6.04 Å². The summed E-state index contributed by atoms with van der Waals surface area (Å²) >= 11 is 7.48. The summed E-state index contributed by atoms with van der Waals surface area (Å²) in [6.45, 7) is 6.14. The van der Waals surface area contributed by atoms with Crippen LogP contribution in [0, 0.1) is 13.8 Å². The first-order chi connectivity index (χ1) is 11.3. The molecule has 0 saturated carbocycles. The Morgan fingerprint density at radius 1 is 1.38 bits per heavy atom. The number of quaternary nitrogens is 1. The van der Waals surface area contributed by atoms with Crippen LogP contribution < -0.4 is 4.90 Å². The van der Waals surface area contributed by atoms with Crippen molar-refractivity contribution in [2.45, 2.75) is 33.4 Å². The van der Waals surface area contributed by atoms with Gasteiger partial charge in [0.1, 0.15) is 6.54 Å². The van der Waals surface area contributed by atoms with E-state index >= 15 is 0 Å². The van der Waals surface area contributed by atoms with Crippen LogP contribution in [0.2, 0.25) is 4.34 Å². The minimum absolute atomic E-state index is 0.0223. The molecule has 2 atom stereocenters. The second kappa shape index (κ2) is 7.51. The maximum absolute atomic E-state index is 12.9. The number of H-pyrrole nitrogens is 1. The van der Waals surface area contributed by atoms with Gasteiger partial charge in [0.05, 0.1) is 34.6 Å². The monoisotopic (exact) mass is 369 g/mol. The number of aromatic nitrogens is 1. The Morgan fingerprint density at radius 2 is 2.04 bits per heavy atom. The van der Waals surface area contributed by atoms with Crippen LogP contribution in [0.25, 0.3) is 0 Å². The van der Waals surface area contributed by atoms with Crippen molar-refractivity contribution >= 4 is 34.7 Å². The number of carbonyl (C=O) groups excluding carboxylic acids is 2. The van der Waals surface area contributed by atoms with E-state index in [1.54, 1.807) is 13.8 Å². The van der Waals surface area contributed by atoms with Crippen molar-refractivity contribution < 1.29 is 19.2 Å². The number of likely N-dealkylation sites (N-methyl/N-ethyl adjacent to an activating group) is 1. The van der Waals surface area contributed by atoms with Crippen molar-refractivity contribution in [2.24, 2.45) is 0 Å². The maximum atomic E-state index is 12.9. The number of halogens is 1. The second-order valence-corrected chi connectivity index (χ2v) is 7.73. The highest BCUT2D eigenvalue weighted by atomic mass is 35.5. The van der Waals surface area contributed by atoms with Gasteiger partial charge in [-0.05, 0) is 38.5 Å². The third kappa shape index (κ3) is 3.71. The molecule has 2 aromatic heterocycles. The smallest absolute Gasteiger partial charge is 0.339 e. The molecular formula is C17H22ClN2O3S+. The zero-order valence-corrected chi connectivity index (χ0v) is 16.0. The molecule has 2 heterocycles. The molecule has 0 fully saturated rings. The average molecular weight is 370 g/mol. The summed E-state index contributed by atoms with van der Waals surface area (Å²) in [5.41, 5.74) is 2.21. The number of ether oxygens (including phenoxy) is 1. The summed E-state index contributed by atoms with van der Waals surface area (Å²) < 4.78 is 5.54. The third-order valence-electron chi connectivity index (χ3n) is 4.29. The fraction of sp³-hybridized carbons (Fsp3) is 0.412. The van der Waals surface area contributed by atoms with E-state index in [1.165, 1.54) is 18.4 Å². The molecule has 2 N–H and O–H groups in total. The fourth-order valence-electron chi connectivity index (χ4n) is 2.72. The maximum Gasteiger partial charge on any atom is 0.339 e. The molecule has 0 amide bonds. The molecule has 0 aliphatic carbocycles. The predicted molar refractivity (Wildman–Crippen MR) is 95.3 cm³/mol. The molecule has 2 rings (SSSR count). The van der Waals surface area contributed by atoms with Crippen LogP contribution in [0.5, 0.6) is 0 Å². The van der Waals surface area contributed by atoms with Gasteiger partial charge in [0.25, 0.3) is 0 Å². The number of esters is 1. The summed E-state index contributed by atoms with van der Waals surface area (Å²) in [5.74, 6) is -0.451. The summed E-state index contributed by atoms with van der Waals surface area (Å²) in [7, 11) is 3.31. The lowest BCUT2D eigenvalue weighted by atomic mass is 10.0. The molecule has 130 valence electrons. The lowest BCUT2D eigenvalue weighted by Crippen LogP contribution is -3.12. The topological polar surface area (TPSA) is 63.6 Å². The standard InChI is InChI=1S/C17H21ClN2O3S/c1-9-14(17(22)23-5)10(2)19-15(9)16(21)11(3)20(4)8-12-6-7-13(18)24-12/h6-7,11,19H,8H2,1-5H3/p+1/t11-/m0/s1. The van der Waals surface area contributed by atoms with E-state index < -0.39 is 5.97 Å². The van der Waals surface area contributed by atoms with Gasteiger partial charge in [0.2, 0.25) is 5.78 Å². The van der Waals surface area contributed by atoms with Gasteiger partial charge in [-0.1, -0.05) is 11.6 Å². The minimum Gasteiger partial charge on any atom is -0.465 e. The SMILES string of the molecule is COC(=O)c1c(C)[nH]c(C(=O)[C@H](C)[NH+](C)Cc2ccc(Cl)s2)c1C. The Kier molecular flexibility index (Phi) is 5.85. The quantitative estimate of drug-likeness (QED) is 0.607. The summed E-state index contributed by atoms with van der Waals surface area (Å²) in [4.78, 5) is 30.0. The Hall–Kier alpha value is -1.63. The number of nitrogens with one attached hydrogen (secondary N) is 2. The Morgan fingerprint density at radius 3 is 2.58 bits per heavy atom. The van der Waals surface area contributed by atoms with Crippen LogP contribution in [-0.4, -0.2) is 36.9 Å². The number of carbonyl (C=O) groups is 2. The molecule has 0 aliphatic rings. The largest absolute Gasteiger partial charge is 0.465 e. The first kappa shape index (κ1) is 18.7. The van der Waals surface area contributed by atoms with Gasteiger partial charge in [0, 0.05) is 5.69 Å². The number of Topliss-reactive ketones (excluding diaryl/α,β-unsaturated/α-hetero) is 1. The van der Waals surface area contributed by atoms with Crippen molar-refractivity contribution in [3.63, 3.8) is 0 Å². The molecule has 7 heteroatoms. The van der Waals surface area contributed by atoms with Crippen LogP contribution in [0.3, 0.4) is 0 Å². The lowest BCUT2D eigenvalue weighted by molar-refractivity contribution is -0.907. The number of hydrogen-bond donors (Lipinski definition) is 2. The molecular weight excluding hydrogens is 348 g/mol. The van der Waals surface area contributed by atoms with E-state index in [1.807, 2.05) is 26.1 Å². The molecule has 0 spiro atoms. The van der Waals surface area contributed by atoms with Crippen molar-refractivity contribution in [1.29, 1.82) is 0 Å². The summed E-state index contributed by atoms with van der Waals surface area (Å²) in [6, 6.07) is 3.59. The highest BCUT2D eigenvalue weighted by Gasteiger charge is 2.29. The Bertz CT molecular complexity index is 766. The van der Waals surface area contributed by atoms with Gasteiger partial charge in [-0.3, -0.25) is 4.79 Å². The second-order valence-electron chi connectivity index (χ2n) is 5.93. The van der Waals surface area contributed by atoms with Gasteiger partial charge >= 0.3 is 5.97 Å². The van der Waals surface area contributed by atoms with Gasteiger partial charge in [-0.25, -0.2) is 4.79 Å². The van der Waals surface area contributed by atoms with E-state index in [-0.39, 0.29) is 11.8 Å². The molecule has 1 unspecified atom stereocenters. The van der Waals surface area contributed by atoms with E-state index in [9.17, 15) is 9.59 Å². The molecule has 2 aromatic rings. The zero-order valence-electron chi connectivity index (χ0n) is 14.5. The average Bonchev–Trinajstić information content (AvgIpc) is 3.08. The summed E-state index contributed by atoms with van der Waals surface area (Å²) in [5, 5.41) is 0. The van der Waals surface area contributed by atoms with E-state index in [2.05, 4.69) is 4.98 Å². The highest BCUT2D eigenvalue weighted by molar-refractivity contribution is 7.16. The molecule has 24 heavy (non-hydrogen) atoms. The molecule has 0 aliphatic heterocycles. The minimum atomic E-state index is -0.429. The van der Waals surface area contributed by atoms with E-state index in [0.29, 0.717) is 29.1 Å². The number of rotatable bonds is 6. The molecule has 0 aromatic carbocycles. The van der Waals surface area contributed by atoms with Crippen molar-refractivity contribution in [3.8, 4) is 0 Å². The van der Waals surface area contributed by atoms with E-state index in [4.69, 9.17) is 16.3 Å². The zero-order chi connectivity index (χ0) is 18.0. The van der Waals surface area contributed by atoms with Crippen LogP contribution in [0.1, 0.15) is 43.9 Å². The predicted octanol–water partition coefficient (Wildman–Crippen LogP) is 2.42. The highest BCUT2D eigenvalue weighted by Crippen LogP contribution is 2.21. The van der Waals surface area contributed by atoms with Crippen molar-refractivity contribution in [2.75, 3.05) is 14.2 Å². The number of ketones is 1. The Labute approximate surface area is 150 Å². The molecule has 0 saturated heterocycles. The van der Waals surface area contributed by atoms with E-state index in [0.717, 1.165) is 14.1 Å². The van der Waals surface area contributed by atoms with Crippen LogP contribution in [-0.2, 0) is 11.3 Å². The number of thiophene rings is 1. The van der Waals surface area contributed by atoms with Crippen LogP contribution in [0.4, 0.5) is 0 Å². The first-order valence-corrected chi connectivity index (χ1v) is 8.83. The molecule has 0 bridgehead atoms. The number of methoxy groups -OCH3 is 1. The lowest BCUT2D eigenvalue weighted by Gasteiger charge is -2.20. The summed E-state index contributed by atoms with van der Waals surface area (Å²) in [6.07, 6.45) is 0. The number of hydrogen-bond acceptors (Lipinski definition) is 4. The third-order valence-corrected chi connectivity index (χ3v) is 5.52. The number of aryl methyl sites for hydroxylation is 1. The Balaban J connectivity index is 2.20. The van der Waals surface area contributed by atoms with Gasteiger partial charge in [-0.2, -0.15) is 0 Å². The van der Waals surface area contributed by atoms with Crippen LogP contribution in [0.15, 0.2) is 12.1 Å². The number of aromatic amines is 1. The normalized spacial score (nSPS) is 13.6. The first-order valence-electron chi connectivity index (χ1n) is 7.64. The molecule has 0 radical (unpaired) electrons. The van der Waals surface area contributed by atoms with Crippen molar-refractivity contribution in [1.82, 2.24) is 4.98 Å². The van der Waals surface area contributed by atoms with Crippen LogP contribution >= 0.6 is 22.9 Å². The van der Waals surface area contributed by atoms with Gasteiger partial charge < -0.3 is 14.6 Å². The molecule has 5 nitrogen and oxygen atoms in total.